The molecule has 0 atom stereocenters. The van der Waals surface area contributed by atoms with Crippen LogP contribution in [-0.2, 0) is 6.18 Å². The number of unbranched alkanes of at least 4 members (excludes halogenated alkanes) is 1. The van der Waals surface area contributed by atoms with Crippen LogP contribution in [0, 0.1) is 0 Å². The molecule has 0 saturated heterocycles. The van der Waals surface area contributed by atoms with Crippen molar-refractivity contribution >= 4 is 5.82 Å². The van der Waals surface area contributed by atoms with Crippen LogP contribution in [-0.4, -0.2) is 23.3 Å². The summed E-state index contributed by atoms with van der Waals surface area (Å²) in [6.45, 7) is 1.22. The van der Waals surface area contributed by atoms with Gasteiger partial charge < -0.3 is 11.1 Å². The number of halogens is 3. The lowest BCUT2D eigenvalue weighted by Gasteiger charge is -2.06. The molecule has 0 aromatic carbocycles. The summed E-state index contributed by atoms with van der Waals surface area (Å²) in [7, 11) is 0. The highest BCUT2D eigenvalue weighted by Gasteiger charge is 2.32. The minimum absolute atomic E-state index is 0.338. The average Bonchev–Trinajstić information content (AvgIpc) is 2.24. The number of nitrogens with one attached hydrogen (secondary N) is 1. The smallest absolute Gasteiger partial charge is 0.369 e. The number of aromatic nitrogens is 2. The van der Waals surface area contributed by atoms with Gasteiger partial charge in [0, 0.05) is 6.54 Å². The molecule has 0 aliphatic carbocycles. The van der Waals surface area contributed by atoms with Crippen LogP contribution in [0.2, 0.25) is 0 Å². The molecule has 3 N–H and O–H groups in total. The highest BCUT2D eigenvalue weighted by atomic mass is 19.4. The van der Waals surface area contributed by atoms with Crippen molar-refractivity contribution < 1.29 is 13.2 Å². The van der Waals surface area contributed by atoms with Crippen LogP contribution in [0.4, 0.5) is 19.0 Å². The van der Waals surface area contributed by atoms with Crippen LogP contribution in [0.3, 0.4) is 0 Å². The fraction of sp³-hybridized carbons (Fsp3) is 0.556. The van der Waals surface area contributed by atoms with Crippen molar-refractivity contribution in [1.29, 1.82) is 0 Å². The number of alkyl halides is 3. The maximum atomic E-state index is 12.1. The van der Waals surface area contributed by atoms with Gasteiger partial charge in [0.1, 0.15) is 5.82 Å². The van der Waals surface area contributed by atoms with E-state index in [0.717, 1.165) is 18.9 Å². The van der Waals surface area contributed by atoms with Gasteiger partial charge in [0.2, 0.25) is 0 Å². The molecular formula is C9H13F3N4. The molecule has 0 aliphatic rings. The van der Waals surface area contributed by atoms with E-state index in [-0.39, 0.29) is 0 Å². The summed E-state index contributed by atoms with van der Waals surface area (Å²) in [6.07, 6.45) is -2.73. The minimum atomic E-state index is -4.44. The van der Waals surface area contributed by atoms with E-state index < -0.39 is 11.9 Å². The first-order chi connectivity index (χ1) is 7.54. The molecule has 1 heterocycles. The van der Waals surface area contributed by atoms with Crippen molar-refractivity contribution in [2.24, 2.45) is 5.73 Å². The summed E-state index contributed by atoms with van der Waals surface area (Å²) in [4.78, 5) is 0. The lowest BCUT2D eigenvalue weighted by atomic mass is 10.3. The van der Waals surface area contributed by atoms with Crippen LogP contribution in [0.15, 0.2) is 12.1 Å². The average molecular weight is 234 g/mol. The molecule has 0 fully saturated rings. The van der Waals surface area contributed by atoms with E-state index in [2.05, 4.69) is 15.5 Å². The molecule has 16 heavy (non-hydrogen) atoms. The second kappa shape index (κ2) is 5.64. The molecule has 1 aromatic heterocycles. The van der Waals surface area contributed by atoms with E-state index in [1.807, 2.05) is 0 Å². The van der Waals surface area contributed by atoms with Gasteiger partial charge >= 0.3 is 6.18 Å². The van der Waals surface area contributed by atoms with E-state index in [1.54, 1.807) is 0 Å². The number of hydrogen-bond acceptors (Lipinski definition) is 4. The van der Waals surface area contributed by atoms with Crippen molar-refractivity contribution in [2.75, 3.05) is 18.4 Å². The molecule has 1 rings (SSSR count). The number of nitrogens with two attached hydrogens (primary N) is 1. The summed E-state index contributed by atoms with van der Waals surface area (Å²) in [5, 5.41) is 9.38. The summed E-state index contributed by atoms with van der Waals surface area (Å²) < 4.78 is 36.4. The molecule has 0 spiro atoms. The number of hydrogen-bond donors (Lipinski definition) is 2. The van der Waals surface area contributed by atoms with Gasteiger partial charge in [-0.05, 0) is 31.5 Å². The monoisotopic (exact) mass is 234 g/mol. The van der Waals surface area contributed by atoms with E-state index in [1.165, 1.54) is 6.07 Å². The lowest BCUT2D eigenvalue weighted by molar-refractivity contribution is -0.141. The fourth-order valence-corrected chi connectivity index (χ4v) is 1.06. The third kappa shape index (κ3) is 4.01. The molecule has 4 nitrogen and oxygen atoms in total. The lowest BCUT2D eigenvalue weighted by Crippen LogP contribution is -2.11. The van der Waals surface area contributed by atoms with Crippen molar-refractivity contribution in [3.63, 3.8) is 0 Å². The predicted octanol–water partition coefficient (Wildman–Crippen LogP) is 1.65. The molecule has 0 radical (unpaired) electrons. The zero-order valence-corrected chi connectivity index (χ0v) is 8.59. The Bertz CT molecular complexity index is 310. The third-order valence-electron chi connectivity index (χ3n) is 1.89. The van der Waals surface area contributed by atoms with Crippen molar-refractivity contribution in [3.8, 4) is 0 Å². The van der Waals surface area contributed by atoms with E-state index in [4.69, 9.17) is 5.73 Å². The van der Waals surface area contributed by atoms with Gasteiger partial charge in [0.25, 0.3) is 0 Å². The molecule has 0 unspecified atom stereocenters. The summed E-state index contributed by atoms with van der Waals surface area (Å²) in [5.41, 5.74) is 4.31. The molecule has 7 heteroatoms. The van der Waals surface area contributed by atoms with Crippen molar-refractivity contribution in [3.05, 3.63) is 17.8 Å². The third-order valence-corrected chi connectivity index (χ3v) is 1.89. The Kier molecular flexibility index (Phi) is 4.48. The number of nitrogens with zero attached hydrogens (tertiary/aromatic N) is 2. The Hall–Kier alpha value is -1.37. The Morgan fingerprint density at radius 1 is 1.19 bits per heavy atom. The van der Waals surface area contributed by atoms with Crippen LogP contribution < -0.4 is 11.1 Å². The maximum absolute atomic E-state index is 12.1. The van der Waals surface area contributed by atoms with Gasteiger partial charge in [-0.2, -0.15) is 13.2 Å². The Morgan fingerprint density at radius 3 is 2.44 bits per heavy atom. The second-order valence-electron chi connectivity index (χ2n) is 3.22. The largest absolute Gasteiger partial charge is 0.435 e. The Labute approximate surface area is 91.1 Å². The molecule has 0 aliphatic heterocycles. The van der Waals surface area contributed by atoms with E-state index in [0.29, 0.717) is 18.9 Å². The number of rotatable bonds is 5. The van der Waals surface area contributed by atoms with Crippen LogP contribution in [0.1, 0.15) is 18.5 Å². The Morgan fingerprint density at radius 2 is 1.94 bits per heavy atom. The molecule has 1 aromatic rings. The van der Waals surface area contributed by atoms with Gasteiger partial charge in [-0.25, -0.2) is 0 Å². The second-order valence-corrected chi connectivity index (χ2v) is 3.22. The van der Waals surface area contributed by atoms with Gasteiger partial charge in [-0.1, -0.05) is 0 Å². The first-order valence-electron chi connectivity index (χ1n) is 4.89. The maximum Gasteiger partial charge on any atom is 0.435 e. The minimum Gasteiger partial charge on any atom is -0.369 e. The predicted molar refractivity (Wildman–Crippen MR) is 53.8 cm³/mol. The van der Waals surface area contributed by atoms with Gasteiger partial charge in [-0.15, -0.1) is 10.2 Å². The fourth-order valence-electron chi connectivity index (χ4n) is 1.06. The first-order valence-corrected chi connectivity index (χ1v) is 4.89. The molecule has 0 bridgehead atoms. The van der Waals surface area contributed by atoms with Crippen molar-refractivity contribution in [1.82, 2.24) is 10.2 Å². The van der Waals surface area contributed by atoms with Crippen LogP contribution >= 0.6 is 0 Å². The SMILES string of the molecule is NCCCCNc1ccc(C(F)(F)F)nn1. The molecular weight excluding hydrogens is 221 g/mol. The van der Waals surface area contributed by atoms with Gasteiger partial charge in [0.15, 0.2) is 5.69 Å². The Balaban J connectivity index is 2.46. The van der Waals surface area contributed by atoms with Crippen molar-refractivity contribution in [2.45, 2.75) is 19.0 Å². The van der Waals surface area contributed by atoms with Gasteiger partial charge in [0.05, 0.1) is 0 Å². The highest BCUT2D eigenvalue weighted by Crippen LogP contribution is 2.26. The van der Waals surface area contributed by atoms with E-state index in [9.17, 15) is 13.2 Å². The normalized spacial score (nSPS) is 11.5. The topological polar surface area (TPSA) is 63.8 Å². The standard InChI is InChI=1S/C9H13F3N4/c10-9(11,12)7-3-4-8(16-15-7)14-6-2-1-5-13/h3-4H,1-2,5-6,13H2,(H,14,16). The highest BCUT2D eigenvalue weighted by molar-refractivity contribution is 5.33. The van der Waals surface area contributed by atoms with Crippen LogP contribution in [0.25, 0.3) is 0 Å². The van der Waals surface area contributed by atoms with Gasteiger partial charge in [-0.3, -0.25) is 0 Å². The number of anilines is 1. The quantitative estimate of drug-likeness (QED) is 0.760. The summed E-state index contributed by atoms with van der Waals surface area (Å²) >= 11 is 0. The first kappa shape index (κ1) is 12.7. The summed E-state index contributed by atoms with van der Waals surface area (Å²) in [5.74, 6) is 0.338. The molecule has 90 valence electrons. The zero-order valence-electron chi connectivity index (χ0n) is 8.59. The summed E-state index contributed by atoms with van der Waals surface area (Å²) in [6, 6.07) is 2.16. The zero-order chi connectivity index (χ0) is 12.0. The molecule has 0 saturated carbocycles. The van der Waals surface area contributed by atoms with Crippen LogP contribution in [0.5, 0.6) is 0 Å². The van der Waals surface area contributed by atoms with E-state index >= 15 is 0 Å². The molecule has 0 amide bonds.